The van der Waals surface area contributed by atoms with Gasteiger partial charge in [0.25, 0.3) is 0 Å². The van der Waals surface area contributed by atoms with Crippen LogP contribution in [-0.2, 0) is 0 Å². The molecule has 13 heavy (non-hydrogen) atoms. The van der Waals surface area contributed by atoms with Crippen LogP contribution in [0.2, 0.25) is 5.28 Å². The lowest BCUT2D eigenvalue weighted by atomic mass is 10.5. The Morgan fingerprint density at radius 2 is 2.31 bits per heavy atom. The summed E-state index contributed by atoms with van der Waals surface area (Å²) in [6.07, 6.45) is 4.29. The van der Waals surface area contributed by atoms with E-state index in [0.29, 0.717) is 11.5 Å². The van der Waals surface area contributed by atoms with Gasteiger partial charge < -0.3 is 5.73 Å². The number of anilines is 1. The largest absolute Gasteiger partial charge is 0.394 e. The Bertz CT molecular complexity index is 411. The van der Waals surface area contributed by atoms with E-state index in [-0.39, 0.29) is 5.28 Å². The predicted molar refractivity (Wildman–Crippen MR) is 46.4 cm³/mol. The molecule has 0 saturated heterocycles. The van der Waals surface area contributed by atoms with Crippen LogP contribution in [0.25, 0.3) is 5.82 Å². The SMILES string of the molecule is Nc1cnc(Cl)nc1-n1cncn1. The molecule has 2 N–H and O–H groups in total. The van der Waals surface area contributed by atoms with E-state index in [4.69, 9.17) is 17.3 Å². The first-order valence-corrected chi connectivity index (χ1v) is 3.78. The number of nitrogens with zero attached hydrogens (tertiary/aromatic N) is 5. The van der Waals surface area contributed by atoms with Crippen molar-refractivity contribution >= 4 is 17.3 Å². The van der Waals surface area contributed by atoms with E-state index in [1.165, 1.54) is 23.5 Å². The van der Waals surface area contributed by atoms with Crippen LogP contribution in [0.3, 0.4) is 0 Å². The molecule has 0 aliphatic carbocycles. The highest BCUT2D eigenvalue weighted by Gasteiger charge is 2.05. The van der Waals surface area contributed by atoms with Crippen molar-refractivity contribution in [3.63, 3.8) is 0 Å². The number of rotatable bonds is 1. The number of aromatic nitrogens is 5. The monoisotopic (exact) mass is 196 g/mol. The van der Waals surface area contributed by atoms with Crippen molar-refractivity contribution in [1.82, 2.24) is 24.7 Å². The maximum Gasteiger partial charge on any atom is 0.224 e. The second-order valence-corrected chi connectivity index (χ2v) is 2.60. The average Bonchev–Trinajstić information content (AvgIpc) is 2.61. The Morgan fingerprint density at radius 3 is 3.00 bits per heavy atom. The molecule has 0 atom stereocenters. The highest BCUT2D eigenvalue weighted by molar-refractivity contribution is 6.28. The van der Waals surface area contributed by atoms with E-state index < -0.39 is 0 Å². The van der Waals surface area contributed by atoms with E-state index in [2.05, 4.69) is 20.1 Å². The van der Waals surface area contributed by atoms with Gasteiger partial charge in [-0.3, -0.25) is 0 Å². The summed E-state index contributed by atoms with van der Waals surface area (Å²) in [5.41, 5.74) is 6.01. The summed E-state index contributed by atoms with van der Waals surface area (Å²) in [7, 11) is 0. The predicted octanol–water partition coefficient (Wildman–Crippen LogP) is 0.293. The molecule has 2 heterocycles. The van der Waals surface area contributed by atoms with E-state index in [1.807, 2.05) is 0 Å². The Morgan fingerprint density at radius 1 is 1.46 bits per heavy atom. The molecule has 0 spiro atoms. The minimum absolute atomic E-state index is 0.125. The van der Waals surface area contributed by atoms with Crippen LogP contribution in [0.5, 0.6) is 0 Å². The lowest BCUT2D eigenvalue weighted by Crippen LogP contribution is -2.04. The topological polar surface area (TPSA) is 82.5 Å². The van der Waals surface area contributed by atoms with Crippen molar-refractivity contribution in [2.45, 2.75) is 0 Å². The summed E-state index contributed by atoms with van der Waals surface area (Å²) >= 11 is 5.59. The van der Waals surface area contributed by atoms with Gasteiger partial charge in [-0.1, -0.05) is 0 Å². The Hall–Kier alpha value is -1.69. The van der Waals surface area contributed by atoms with Crippen LogP contribution < -0.4 is 5.73 Å². The van der Waals surface area contributed by atoms with Gasteiger partial charge in [-0.25, -0.2) is 14.6 Å². The normalized spacial score (nSPS) is 10.2. The fourth-order valence-corrected chi connectivity index (χ4v) is 0.991. The Balaban J connectivity index is 2.57. The third-order valence-electron chi connectivity index (χ3n) is 1.40. The molecular weight excluding hydrogens is 192 g/mol. The minimum Gasteiger partial charge on any atom is -0.394 e. The fraction of sp³-hybridized carbons (Fsp3) is 0. The van der Waals surface area contributed by atoms with Crippen LogP contribution in [0.4, 0.5) is 5.69 Å². The molecular formula is C6H5ClN6. The van der Waals surface area contributed by atoms with Crippen molar-refractivity contribution < 1.29 is 0 Å². The zero-order valence-electron chi connectivity index (χ0n) is 6.42. The molecule has 6 nitrogen and oxygen atoms in total. The summed E-state index contributed by atoms with van der Waals surface area (Å²) in [6.45, 7) is 0. The minimum atomic E-state index is 0.125. The van der Waals surface area contributed by atoms with Gasteiger partial charge in [-0.2, -0.15) is 10.1 Å². The smallest absolute Gasteiger partial charge is 0.224 e. The van der Waals surface area contributed by atoms with E-state index >= 15 is 0 Å². The molecule has 0 amide bonds. The third kappa shape index (κ3) is 1.43. The first-order valence-electron chi connectivity index (χ1n) is 3.40. The molecule has 0 unspecified atom stereocenters. The molecule has 0 fully saturated rings. The molecule has 2 aromatic heterocycles. The number of nitrogen functional groups attached to an aromatic ring is 1. The van der Waals surface area contributed by atoms with Crippen molar-refractivity contribution in [3.05, 3.63) is 24.1 Å². The van der Waals surface area contributed by atoms with Crippen LogP contribution >= 0.6 is 11.6 Å². The highest BCUT2D eigenvalue weighted by Crippen LogP contribution is 2.13. The van der Waals surface area contributed by atoms with Gasteiger partial charge in [0.2, 0.25) is 5.28 Å². The van der Waals surface area contributed by atoms with Crippen molar-refractivity contribution in [1.29, 1.82) is 0 Å². The third-order valence-corrected chi connectivity index (χ3v) is 1.58. The van der Waals surface area contributed by atoms with Gasteiger partial charge in [0, 0.05) is 0 Å². The summed E-state index contributed by atoms with van der Waals surface area (Å²) in [5, 5.41) is 3.99. The maximum atomic E-state index is 5.61. The van der Waals surface area contributed by atoms with Gasteiger partial charge in [0.15, 0.2) is 5.82 Å². The molecule has 0 aliphatic heterocycles. The average molecular weight is 197 g/mol. The summed E-state index contributed by atoms with van der Waals surface area (Å²) in [6, 6.07) is 0. The molecule has 0 saturated carbocycles. The maximum absolute atomic E-state index is 5.61. The van der Waals surface area contributed by atoms with Gasteiger partial charge >= 0.3 is 0 Å². The van der Waals surface area contributed by atoms with E-state index in [9.17, 15) is 0 Å². The first-order chi connectivity index (χ1) is 6.27. The van der Waals surface area contributed by atoms with Crippen molar-refractivity contribution in [2.75, 3.05) is 5.73 Å². The van der Waals surface area contributed by atoms with Gasteiger partial charge in [0.1, 0.15) is 12.7 Å². The molecule has 0 bridgehead atoms. The second kappa shape index (κ2) is 2.98. The van der Waals surface area contributed by atoms with E-state index in [1.54, 1.807) is 0 Å². The Kier molecular flexibility index (Phi) is 1.82. The van der Waals surface area contributed by atoms with Gasteiger partial charge in [0.05, 0.1) is 11.9 Å². The number of halogens is 1. The molecule has 0 aliphatic rings. The first kappa shape index (κ1) is 7.93. The van der Waals surface area contributed by atoms with Crippen molar-refractivity contribution in [2.24, 2.45) is 0 Å². The van der Waals surface area contributed by atoms with Gasteiger partial charge in [-0.05, 0) is 11.6 Å². The zero-order chi connectivity index (χ0) is 9.26. The standard InChI is InChI=1S/C6H5ClN6/c7-6-10-1-4(8)5(12-6)13-3-9-2-11-13/h1-3H,8H2. The lowest BCUT2D eigenvalue weighted by Gasteiger charge is -2.02. The highest BCUT2D eigenvalue weighted by atomic mass is 35.5. The lowest BCUT2D eigenvalue weighted by molar-refractivity contribution is 0.841. The molecule has 2 aromatic rings. The zero-order valence-corrected chi connectivity index (χ0v) is 7.18. The Labute approximate surface area is 78.4 Å². The summed E-state index contributed by atoms with van der Waals surface area (Å²) in [5.74, 6) is 0.428. The summed E-state index contributed by atoms with van der Waals surface area (Å²) in [4.78, 5) is 11.4. The number of hydrogen-bond acceptors (Lipinski definition) is 5. The molecule has 66 valence electrons. The molecule has 7 heteroatoms. The van der Waals surface area contributed by atoms with Crippen LogP contribution in [0, 0.1) is 0 Å². The van der Waals surface area contributed by atoms with E-state index in [0.717, 1.165) is 0 Å². The number of nitrogens with two attached hydrogens (primary N) is 1. The van der Waals surface area contributed by atoms with Crippen molar-refractivity contribution in [3.8, 4) is 5.82 Å². The fourth-order valence-electron chi connectivity index (χ4n) is 0.862. The second-order valence-electron chi connectivity index (χ2n) is 2.26. The molecule has 0 radical (unpaired) electrons. The molecule has 0 aromatic carbocycles. The van der Waals surface area contributed by atoms with Crippen LogP contribution in [0.15, 0.2) is 18.9 Å². The van der Waals surface area contributed by atoms with Crippen LogP contribution in [-0.4, -0.2) is 24.7 Å². The van der Waals surface area contributed by atoms with Crippen LogP contribution in [0.1, 0.15) is 0 Å². The quantitative estimate of drug-likeness (QED) is 0.663. The van der Waals surface area contributed by atoms with Gasteiger partial charge in [-0.15, -0.1) is 0 Å². The molecule has 2 rings (SSSR count). The number of hydrogen-bond donors (Lipinski definition) is 1. The summed E-state index contributed by atoms with van der Waals surface area (Å²) < 4.78 is 1.42.